The molecule has 1 aromatic heterocycles. The molecule has 0 N–H and O–H groups in total. The third kappa shape index (κ3) is 3.25. The van der Waals surface area contributed by atoms with E-state index < -0.39 is 0 Å². The van der Waals surface area contributed by atoms with Gasteiger partial charge in [0.2, 0.25) is 0 Å². The van der Waals surface area contributed by atoms with Crippen molar-refractivity contribution in [3.05, 3.63) is 109 Å². The lowest BCUT2D eigenvalue weighted by Gasteiger charge is -2.25. The Balaban J connectivity index is 1.58. The van der Waals surface area contributed by atoms with Gasteiger partial charge in [-0.15, -0.1) is 0 Å². The van der Waals surface area contributed by atoms with E-state index in [4.69, 9.17) is 4.98 Å². The molecule has 0 amide bonds. The number of para-hydroxylation sites is 4. The minimum absolute atomic E-state index is 0.887. The Morgan fingerprint density at radius 1 is 0.633 bits per heavy atom. The maximum Gasteiger partial charge on any atom is 0.141 e. The van der Waals surface area contributed by atoms with Crippen LogP contribution in [0, 0.1) is 0 Å². The molecule has 1 heterocycles. The van der Waals surface area contributed by atoms with Gasteiger partial charge in [-0.1, -0.05) is 48.5 Å². The zero-order valence-electron chi connectivity index (χ0n) is 16.9. The summed E-state index contributed by atoms with van der Waals surface area (Å²) < 4.78 is 2.27. The molecule has 4 aromatic carbocycles. The van der Waals surface area contributed by atoms with Crippen molar-refractivity contribution in [3.63, 3.8) is 0 Å². The molecule has 0 bridgehead atoms. The number of anilines is 3. The van der Waals surface area contributed by atoms with Gasteiger partial charge >= 0.3 is 0 Å². The fourth-order valence-corrected chi connectivity index (χ4v) is 3.98. The third-order valence-corrected chi connectivity index (χ3v) is 5.38. The molecule has 0 aliphatic carbocycles. The monoisotopic (exact) mass is 389 g/mol. The Bertz CT molecular complexity index is 1220. The van der Waals surface area contributed by atoms with E-state index in [1.807, 2.05) is 18.2 Å². The van der Waals surface area contributed by atoms with E-state index in [9.17, 15) is 0 Å². The van der Waals surface area contributed by atoms with Crippen LogP contribution in [0.25, 0.3) is 22.4 Å². The van der Waals surface area contributed by atoms with Crippen LogP contribution in [0.15, 0.2) is 109 Å². The summed E-state index contributed by atoms with van der Waals surface area (Å²) in [4.78, 5) is 7.16. The Morgan fingerprint density at radius 2 is 1.17 bits per heavy atom. The molecule has 0 aliphatic rings. The number of hydrogen-bond donors (Lipinski definition) is 0. The highest BCUT2D eigenvalue weighted by Crippen LogP contribution is 2.35. The predicted octanol–water partition coefficient (Wildman–Crippen LogP) is 7.19. The largest absolute Gasteiger partial charge is 0.324 e. The lowest BCUT2D eigenvalue weighted by atomic mass is 10.1. The van der Waals surface area contributed by atoms with Crippen LogP contribution in [0.3, 0.4) is 0 Å². The summed E-state index contributed by atoms with van der Waals surface area (Å²) in [5.41, 5.74) is 6.73. The van der Waals surface area contributed by atoms with Gasteiger partial charge in [0.25, 0.3) is 0 Å². The van der Waals surface area contributed by atoms with Gasteiger partial charge in [-0.3, -0.25) is 0 Å². The average Bonchev–Trinajstić information content (AvgIpc) is 3.20. The van der Waals surface area contributed by atoms with Crippen LogP contribution < -0.4 is 4.90 Å². The molecule has 3 nitrogen and oxygen atoms in total. The van der Waals surface area contributed by atoms with Crippen LogP contribution in [-0.2, 0) is 6.54 Å². The molecule has 0 fully saturated rings. The molecule has 0 spiro atoms. The second-order valence-electron chi connectivity index (χ2n) is 7.22. The number of aromatic nitrogens is 2. The maximum absolute atomic E-state index is 4.89. The first-order valence-electron chi connectivity index (χ1n) is 10.3. The van der Waals surface area contributed by atoms with E-state index in [1.165, 1.54) is 5.52 Å². The number of hydrogen-bond acceptors (Lipinski definition) is 2. The average molecular weight is 390 g/mol. The molecule has 0 unspecified atom stereocenters. The van der Waals surface area contributed by atoms with Crippen molar-refractivity contribution in [2.45, 2.75) is 13.5 Å². The Labute approximate surface area is 176 Å². The van der Waals surface area contributed by atoms with E-state index in [1.54, 1.807) is 0 Å². The van der Waals surface area contributed by atoms with E-state index in [-0.39, 0.29) is 0 Å². The predicted molar refractivity (Wildman–Crippen MR) is 126 cm³/mol. The molecule has 0 aliphatic heterocycles. The lowest BCUT2D eigenvalue weighted by molar-refractivity contribution is 0.796. The number of fused-ring (bicyclic) bond motifs is 1. The molecule has 30 heavy (non-hydrogen) atoms. The van der Waals surface area contributed by atoms with Crippen LogP contribution >= 0.6 is 0 Å². The summed E-state index contributed by atoms with van der Waals surface area (Å²) in [6, 6.07) is 37.9. The quantitative estimate of drug-likeness (QED) is 0.317. The van der Waals surface area contributed by atoms with Crippen LogP contribution in [0.2, 0.25) is 0 Å². The molecule has 5 aromatic rings. The normalized spacial score (nSPS) is 11.0. The van der Waals surface area contributed by atoms with E-state index >= 15 is 0 Å². The number of benzene rings is 4. The smallest absolute Gasteiger partial charge is 0.141 e. The maximum atomic E-state index is 4.89. The lowest BCUT2D eigenvalue weighted by Crippen LogP contribution is -2.09. The van der Waals surface area contributed by atoms with Gasteiger partial charge in [-0.2, -0.15) is 0 Å². The number of aryl methyl sites for hydroxylation is 1. The first-order valence-corrected chi connectivity index (χ1v) is 10.3. The minimum Gasteiger partial charge on any atom is -0.324 e. The molecule has 3 heteroatoms. The Morgan fingerprint density at radius 3 is 1.77 bits per heavy atom. The first-order chi connectivity index (χ1) is 14.8. The van der Waals surface area contributed by atoms with Crippen molar-refractivity contribution in [3.8, 4) is 11.4 Å². The zero-order chi connectivity index (χ0) is 20.3. The second kappa shape index (κ2) is 7.88. The SMILES string of the molecule is CCn1c(-c2ccc(N(c3ccccc3)c3ccccc3)cc2)nc2ccccc21. The van der Waals surface area contributed by atoms with Crippen molar-refractivity contribution in [2.75, 3.05) is 4.90 Å². The van der Waals surface area contributed by atoms with Gasteiger partial charge in [-0.25, -0.2) is 4.98 Å². The standard InChI is InChI=1S/C27H23N3/c1-2-29-26-16-10-9-15-25(26)28-27(29)21-17-19-24(20-18-21)30(22-11-5-3-6-12-22)23-13-7-4-8-14-23/h3-20H,2H2,1H3. The molecule has 5 rings (SSSR count). The minimum atomic E-state index is 0.887. The van der Waals surface area contributed by atoms with Gasteiger partial charge in [0, 0.05) is 29.2 Å². The molecular formula is C27H23N3. The first kappa shape index (κ1) is 18.2. The van der Waals surface area contributed by atoms with E-state index in [0.717, 1.165) is 40.5 Å². The van der Waals surface area contributed by atoms with Crippen LogP contribution in [0.4, 0.5) is 17.1 Å². The number of nitrogens with zero attached hydrogens (tertiary/aromatic N) is 3. The molecule has 0 atom stereocenters. The van der Waals surface area contributed by atoms with Crippen molar-refractivity contribution in [1.82, 2.24) is 9.55 Å². The molecular weight excluding hydrogens is 366 g/mol. The van der Waals surface area contributed by atoms with Crippen molar-refractivity contribution < 1.29 is 0 Å². The van der Waals surface area contributed by atoms with Gasteiger partial charge < -0.3 is 9.47 Å². The van der Waals surface area contributed by atoms with E-state index in [2.05, 4.69) is 107 Å². The third-order valence-electron chi connectivity index (χ3n) is 5.38. The highest BCUT2D eigenvalue weighted by molar-refractivity contribution is 5.82. The molecule has 0 saturated heterocycles. The topological polar surface area (TPSA) is 21.1 Å². The highest BCUT2D eigenvalue weighted by Gasteiger charge is 2.14. The molecule has 0 radical (unpaired) electrons. The van der Waals surface area contributed by atoms with Crippen molar-refractivity contribution in [1.29, 1.82) is 0 Å². The fraction of sp³-hybridized carbons (Fsp3) is 0.0741. The summed E-state index contributed by atoms with van der Waals surface area (Å²) in [6.07, 6.45) is 0. The number of rotatable bonds is 5. The Kier molecular flexibility index (Phi) is 4.78. The summed E-state index contributed by atoms with van der Waals surface area (Å²) >= 11 is 0. The van der Waals surface area contributed by atoms with Gasteiger partial charge in [0.1, 0.15) is 5.82 Å². The summed E-state index contributed by atoms with van der Waals surface area (Å²) in [6.45, 7) is 3.05. The molecule has 146 valence electrons. The zero-order valence-corrected chi connectivity index (χ0v) is 16.9. The van der Waals surface area contributed by atoms with Crippen molar-refractivity contribution >= 4 is 28.1 Å². The summed E-state index contributed by atoms with van der Waals surface area (Å²) in [7, 11) is 0. The highest BCUT2D eigenvalue weighted by atomic mass is 15.1. The summed E-state index contributed by atoms with van der Waals surface area (Å²) in [5.74, 6) is 1.01. The van der Waals surface area contributed by atoms with Gasteiger partial charge in [-0.05, 0) is 67.6 Å². The van der Waals surface area contributed by atoms with Crippen molar-refractivity contribution in [2.24, 2.45) is 0 Å². The van der Waals surface area contributed by atoms with Crippen LogP contribution in [0.1, 0.15) is 6.92 Å². The number of imidazole rings is 1. The van der Waals surface area contributed by atoms with Gasteiger partial charge in [0.05, 0.1) is 11.0 Å². The Hall–Kier alpha value is -3.85. The molecule has 0 saturated carbocycles. The fourth-order valence-electron chi connectivity index (χ4n) is 3.98. The summed E-state index contributed by atoms with van der Waals surface area (Å²) in [5, 5.41) is 0. The second-order valence-corrected chi connectivity index (χ2v) is 7.22. The van der Waals surface area contributed by atoms with Crippen LogP contribution in [-0.4, -0.2) is 9.55 Å². The van der Waals surface area contributed by atoms with Crippen LogP contribution in [0.5, 0.6) is 0 Å². The van der Waals surface area contributed by atoms with E-state index in [0.29, 0.717) is 0 Å². The van der Waals surface area contributed by atoms with Gasteiger partial charge in [0.15, 0.2) is 0 Å².